The standard InChI is InChI=1S/C16H14N4O2S/c17-14(21)9-18-16(22)12-10-20(11-5-2-1-3-6-11)19-15(12)13-7-4-8-23-13/h1-8,10H,9H2,(H2,17,21)(H,18,22). The monoisotopic (exact) mass is 326 g/mol. The summed E-state index contributed by atoms with van der Waals surface area (Å²) in [7, 11) is 0. The number of benzene rings is 1. The van der Waals surface area contributed by atoms with Crippen LogP contribution >= 0.6 is 11.3 Å². The topological polar surface area (TPSA) is 90.0 Å². The van der Waals surface area contributed by atoms with Crippen LogP contribution in [0.1, 0.15) is 10.4 Å². The molecule has 3 N–H and O–H groups in total. The zero-order valence-corrected chi connectivity index (χ0v) is 12.9. The Labute approximate surface area is 136 Å². The number of nitrogens with one attached hydrogen (secondary N) is 1. The number of aromatic nitrogens is 2. The van der Waals surface area contributed by atoms with Crippen LogP contribution in [0.2, 0.25) is 0 Å². The number of nitrogens with two attached hydrogens (primary N) is 1. The molecule has 0 radical (unpaired) electrons. The van der Waals surface area contributed by atoms with Crippen LogP contribution in [0.3, 0.4) is 0 Å². The number of carbonyl (C=O) groups is 2. The number of thiophene rings is 1. The molecule has 6 nitrogen and oxygen atoms in total. The first-order valence-corrected chi connectivity index (χ1v) is 7.78. The summed E-state index contributed by atoms with van der Waals surface area (Å²) >= 11 is 1.49. The minimum atomic E-state index is -0.591. The predicted molar refractivity (Wildman–Crippen MR) is 88.4 cm³/mol. The van der Waals surface area contributed by atoms with Crippen molar-refractivity contribution >= 4 is 23.2 Å². The average molecular weight is 326 g/mol. The third kappa shape index (κ3) is 3.29. The summed E-state index contributed by atoms with van der Waals surface area (Å²) in [5.41, 5.74) is 6.90. The Hall–Kier alpha value is -2.93. The van der Waals surface area contributed by atoms with Gasteiger partial charge < -0.3 is 11.1 Å². The van der Waals surface area contributed by atoms with E-state index in [-0.39, 0.29) is 12.5 Å². The maximum atomic E-state index is 12.3. The van der Waals surface area contributed by atoms with Gasteiger partial charge in [0.1, 0.15) is 5.69 Å². The largest absolute Gasteiger partial charge is 0.368 e. The molecule has 0 saturated heterocycles. The molecular formula is C16H14N4O2S. The highest BCUT2D eigenvalue weighted by Gasteiger charge is 2.19. The van der Waals surface area contributed by atoms with E-state index in [1.54, 1.807) is 10.9 Å². The number of primary amides is 1. The summed E-state index contributed by atoms with van der Waals surface area (Å²) in [5.74, 6) is -0.971. The highest BCUT2D eigenvalue weighted by atomic mass is 32.1. The van der Waals surface area contributed by atoms with Crippen molar-refractivity contribution in [3.8, 4) is 16.3 Å². The van der Waals surface area contributed by atoms with Crippen molar-refractivity contribution in [2.45, 2.75) is 0 Å². The smallest absolute Gasteiger partial charge is 0.255 e. The van der Waals surface area contributed by atoms with Crippen LogP contribution in [-0.4, -0.2) is 28.1 Å². The van der Waals surface area contributed by atoms with Gasteiger partial charge >= 0.3 is 0 Å². The summed E-state index contributed by atoms with van der Waals surface area (Å²) in [6, 6.07) is 13.3. The summed E-state index contributed by atoms with van der Waals surface area (Å²) in [6.45, 7) is -0.209. The number of hydrogen-bond acceptors (Lipinski definition) is 4. The fourth-order valence-electron chi connectivity index (χ4n) is 2.11. The van der Waals surface area contributed by atoms with Gasteiger partial charge in [0.25, 0.3) is 5.91 Å². The van der Waals surface area contributed by atoms with Gasteiger partial charge in [0.2, 0.25) is 5.91 Å². The van der Waals surface area contributed by atoms with Crippen molar-refractivity contribution in [2.75, 3.05) is 6.54 Å². The minimum absolute atomic E-state index is 0.209. The van der Waals surface area contributed by atoms with E-state index in [1.807, 2.05) is 47.8 Å². The molecule has 116 valence electrons. The molecule has 0 aliphatic rings. The lowest BCUT2D eigenvalue weighted by atomic mass is 10.2. The molecule has 23 heavy (non-hydrogen) atoms. The van der Waals surface area contributed by atoms with Crippen LogP contribution in [0.5, 0.6) is 0 Å². The molecule has 0 saturated carbocycles. The van der Waals surface area contributed by atoms with Gasteiger partial charge in [0.15, 0.2) is 0 Å². The zero-order chi connectivity index (χ0) is 16.2. The van der Waals surface area contributed by atoms with Gasteiger partial charge in [-0.25, -0.2) is 4.68 Å². The van der Waals surface area contributed by atoms with Gasteiger partial charge in [-0.15, -0.1) is 11.3 Å². The van der Waals surface area contributed by atoms with Gasteiger partial charge in [-0.05, 0) is 23.6 Å². The lowest BCUT2D eigenvalue weighted by Gasteiger charge is -2.01. The second kappa shape index (κ2) is 6.45. The first-order chi connectivity index (χ1) is 11.1. The summed E-state index contributed by atoms with van der Waals surface area (Å²) in [4.78, 5) is 24.1. The van der Waals surface area contributed by atoms with Crippen LogP contribution in [0.15, 0.2) is 54.0 Å². The van der Waals surface area contributed by atoms with E-state index < -0.39 is 5.91 Å². The summed E-state index contributed by atoms with van der Waals surface area (Å²) in [5, 5.41) is 8.94. The lowest BCUT2D eigenvalue weighted by molar-refractivity contribution is -0.117. The minimum Gasteiger partial charge on any atom is -0.368 e. The number of rotatable bonds is 5. The van der Waals surface area contributed by atoms with Crippen LogP contribution < -0.4 is 11.1 Å². The second-order valence-corrected chi connectivity index (χ2v) is 5.75. The van der Waals surface area contributed by atoms with Gasteiger partial charge in [-0.2, -0.15) is 5.10 Å². The predicted octanol–water partition coefficient (Wildman–Crippen LogP) is 1.82. The van der Waals surface area contributed by atoms with Crippen molar-refractivity contribution in [1.82, 2.24) is 15.1 Å². The normalized spacial score (nSPS) is 10.4. The van der Waals surface area contributed by atoms with E-state index in [9.17, 15) is 9.59 Å². The first kappa shape index (κ1) is 15.0. The maximum absolute atomic E-state index is 12.3. The SMILES string of the molecule is NC(=O)CNC(=O)c1cn(-c2ccccc2)nc1-c1cccs1. The van der Waals surface area contributed by atoms with Crippen molar-refractivity contribution in [1.29, 1.82) is 0 Å². The molecular weight excluding hydrogens is 312 g/mol. The molecule has 3 aromatic rings. The lowest BCUT2D eigenvalue weighted by Crippen LogP contribution is -2.33. The molecule has 0 fully saturated rings. The fraction of sp³-hybridized carbons (Fsp3) is 0.0625. The molecule has 2 heterocycles. The number of nitrogens with zero attached hydrogens (tertiary/aromatic N) is 2. The highest BCUT2D eigenvalue weighted by molar-refractivity contribution is 7.13. The molecule has 3 rings (SSSR count). The van der Waals surface area contributed by atoms with Gasteiger partial charge in [-0.1, -0.05) is 24.3 Å². The van der Waals surface area contributed by atoms with Crippen molar-refractivity contribution in [3.63, 3.8) is 0 Å². The number of amides is 2. The van der Waals surface area contributed by atoms with Gasteiger partial charge in [-0.3, -0.25) is 9.59 Å². The van der Waals surface area contributed by atoms with E-state index in [4.69, 9.17) is 5.73 Å². The third-order valence-corrected chi connectivity index (χ3v) is 4.03. The molecule has 0 bridgehead atoms. The van der Waals surface area contributed by atoms with E-state index in [0.717, 1.165) is 10.6 Å². The average Bonchev–Trinajstić information content (AvgIpc) is 3.22. The van der Waals surface area contributed by atoms with Gasteiger partial charge in [0, 0.05) is 6.20 Å². The van der Waals surface area contributed by atoms with Crippen LogP contribution in [0.25, 0.3) is 16.3 Å². The summed E-state index contributed by atoms with van der Waals surface area (Å²) in [6.07, 6.45) is 1.65. The van der Waals surface area contributed by atoms with Gasteiger partial charge in [0.05, 0.1) is 22.7 Å². The Morgan fingerprint density at radius 1 is 1.17 bits per heavy atom. The molecule has 0 aliphatic carbocycles. The third-order valence-electron chi connectivity index (χ3n) is 3.16. The quantitative estimate of drug-likeness (QED) is 0.749. The van der Waals surface area contributed by atoms with E-state index in [2.05, 4.69) is 10.4 Å². The Morgan fingerprint density at radius 3 is 2.61 bits per heavy atom. The molecule has 0 atom stereocenters. The molecule has 1 aromatic carbocycles. The Bertz CT molecular complexity index is 825. The van der Waals surface area contributed by atoms with E-state index in [1.165, 1.54) is 11.3 Å². The fourth-order valence-corrected chi connectivity index (χ4v) is 2.83. The number of hydrogen-bond donors (Lipinski definition) is 2. The second-order valence-electron chi connectivity index (χ2n) is 4.80. The van der Waals surface area contributed by atoms with Crippen molar-refractivity contribution in [3.05, 3.63) is 59.6 Å². The molecule has 2 amide bonds. The van der Waals surface area contributed by atoms with Crippen molar-refractivity contribution < 1.29 is 9.59 Å². The van der Waals surface area contributed by atoms with E-state index in [0.29, 0.717) is 11.3 Å². The Balaban J connectivity index is 2.01. The van der Waals surface area contributed by atoms with Crippen molar-refractivity contribution in [2.24, 2.45) is 5.73 Å². The highest BCUT2D eigenvalue weighted by Crippen LogP contribution is 2.27. The summed E-state index contributed by atoms with van der Waals surface area (Å²) < 4.78 is 1.65. The molecule has 0 unspecified atom stereocenters. The molecule has 7 heteroatoms. The van der Waals surface area contributed by atoms with E-state index >= 15 is 0 Å². The molecule has 0 spiro atoms. The number of para-hydroxylation sites is 1. The van der Waals surface area contributed by atoms with Crippen LogP contribution in [0, 0.1) is 0 Å². The number of carbonyl (C=O) groups excluding carboxylic acids is 2. The zero-order valence-electron chi connectivity index (χ0n) is 12.1. The first-order valence-electron chi connectivity index (χ1n) is 6.90. The van der Waals surface area contributed by atoms with Crippen LogP contribution in [-0.2, 0) is 4.79 Å². The molecule has 2 aromatic heterocycles. The maximum Gasteiger partial charge on any atom is 0.255 e. The Morgan fingerprint density at radius 2 is 1.96 bits per heavy atom. The Kier molecular flexibility index (Phi) is 4.20. The molecule has 0 aliphatic heterocycles. The van der Waals surface area contributed by atoms with Crippen LogP contribution in [0.4, 0.5) is 0 Å².